The summed E-state index contributed by atoms with van der Waals surface area (Å²) in [4.78, 5) is 10.9. The molecule has 3 rings (SSSR count). The molecule has 9 heteroatoms. The molecule has 31 heavy (non-hydrogen) atoms. The lowest BCUT2D eigenvalue weighted by atomic mass is 10.0. The summed E-state index contributed by atoms with van der Waals surface area (Å²) >= 11 is 0.917. The van der Waals surface area contributed by atoms with Gasteiger partial charge in [-0.15, -0.1) is 0 Å². The number of alkyl halides is 1. The van der Waals surface area contributed by atoms with Crippen molar-refractivity contribution in [3.05, 3.63) is 69.4 Å². The van der Waals surface area contributed by atoms with E-state index < -0.39 is 54.4 Å². The van der Waals surface area contributed by atoms with Gasteiger partial charge in [-0.1, -0.05) is 31.2 Å². The van der Waals surface area contributed by atoms with Crippen LogP contribution in [-0.4, -0.2) is 15.4 Å². The van der Waals surface area contributed by atoms with Crippen LogP contribution in [0.5, 0.6) is 5.75 Å². The molecule has 1 heterocycles. The van der Waals surface area contributed by atoms with Crippen molar-refractivity contribution < 1.29 is 32.2 Å². The van der Waals surface area contributed by atoms with E-state index in [1.807, 2.05) is 31.2 Å². The zero-order chi connectivity index (χ0) is 22.5. The number of carboxylic acids is 1. The van der Waals surface area contributed by atoms with Gasteiger partial charge in [0.1, 0.15) is 13.3 Å². The maximum atomic E-state index is 14.4. The van der Waals surface area contributed by atoms with Gasteiger partial charge in [-0.25, -0.2) is 13.2 Å². The summed E-state index contributed by atoms with van der Waals surface area (Å²) in [6.07, 6.45) is -0.000119. The Labute approximate surface area is 180 Å². The normalized spacial score (nSPS) is 11.0. The van der Waals surface area contributed by atoms with E-state index in [1.54, 1.807) is 0 Å². The Morgan fingerprint density at radius 1 is 1.16 bits per heavy atom. The van der Waals surface area contributed by atoms with Gasteiger partial charge in [-0.3, -0.25) is 4.79 Å². The number of nitrogens with zero attached hydrogens (tertiary/aromatic N) is 1. The molecule has 3 aromatic rings. The van der Waals surface area contributed by atoms with Crippen molar-refractivity contribution in [3.63, 3.8) is 0 Å². The minimum atomic E-state index is -1.56. The van der Waals surface area contributed by atoms with Crippen LogP contribution < -0.4 is 4.74 Å². The molecule has 0 aliphatic heterocycles. The Morgan fingerprint density at radius 2 is 1.87 bits per heavy atom. The predicted octanol–water partition coefficient (Wildman–Crippen LogP) is 5.86. The lowest BCUT2D eigenvalue weighted by molar-refractivity contribution is -0.136. The fourth-order valence-electron chi connectivity index (χ4n) is 3.05. The number of rotatable bonds is 9. The number of aliphatic carboxylic acids is 1. The molecule has 0 atom stereocenters. The average Bonchev–Trinajstić information content (AvgIpc) is 3.18. The Kier molecular flexibility index (Phi) is 7.27. The number of ether oxygens (including phenoxy) is 1. The molecule has 0 aliphatic carbocycles. The third-order valence-corrected chi connectivity index (χ3v) is 5.64. The van der Waals surface area contributed by atoms with Gasteiger partial charge >= 0.3 is 5.97 Å². The number of halogens is 4. The smallest absolute Gasteiger partial charge is 0.303 e. The van der Waals surface area contributed by atoms with Gasteiger partial charge in [0.15, 0.2) is 17.4 Å². The third kappa shape index (κ3) is 5.04. The summed E-state index contributed by atoms with van der Waals surface area (Å²) in [6, 6.07) is 8.15. The van der Waals surface area contributed by atoms with E-state index in [2.05, 4.69) is 4.37 Å². The molecule has 0 spiro atoms. The van der Waals surface area contributed by atoms with E-state index in [9.17, 15) is 22.4 Å². The van der Waals surface area contributed by atoms with Crippen molar-refractivity contribution in [2.24, 2.45) is 0 Å². The summed E-state index contributed by atoms with van der Waals surface area (Å²) < 4.78 is 65.9. The van der Waals surface area contributed by atoms with Crippen molar-refractivity contribution in [1.82, 2.24) is 4.37 Å². The first-order chi connectivity index (χ1) is 14.8. The molecule has 1 N–H and O–H groups in total. The summed E-state index contributed by atoms with van der Waals surface area (Å²) in [5.74, 6) is -6.26. The molecule has 0 saturated carbocycles. The minimum Gasteiger partial charge on any atom is -0.483 e. The Bertz CT molecular complexity index is 1080. The largest absolute Gasteiger partial charge is 0.483 e. The quantitative estimate of drug-likeness (QED) is 0.326. The molecule has 0 amide bonds. The molecule has 0 unspecified atom stereocenters. The fraction of sp³-hybridized carbons (Fsp3) is 0.273. The number of hydrogen-bond donors (Lipinski definition) is 1. The average molecular weight is 453 g/mol. The number of benzene rings is 2. The van der Waals surface area contributed by atoms with Crippen molar-refractivity contribution in [1.29, 1.82) is 0 Å². The van der Waals surface area contributed by atoms with Gasteiger partial charge in [0.2, 0.25) is 5.82 Å². The second-order valence-corrected chi connectivity index (χ2v) is 7.63. The molecule has 1 aromatic heterocycles. The van der Waals surface area contributed by atoms with Gasteiger partial charge in [0.05, 0.1) is 10.6 Å². The zero-order valence-corrected chi connectivity index (χ0v) is 17.4. The van der Waals surface area contributed by atoms with Crippen LogP contribution in [0.25, 0.3) is 11.3 Å². The minimum absolute atomic E-state index is 0.244. The van der Waals surface area contributed by atoms with Crippen LogP contribution in [-0.2, 0) is 30.9 Å². The topological polar surface area (TPSA) is 59.4 Å². The first-order valence-corrected chi connectivity index (χ1v) is 10.3. The molecular weight excluding hydrogens is 434 g/mol. The van der Waals surface area contributed by atoms with Gasteiger partial charge in [0.25, 0.3) is 0 Å². The van der Waals surface area contributed by atoms with Gasteiger partial charge in [-0.05, 0) is 41.6 Å². The monoisotopic (exact) mass is 453 g/mol. The Hall–Kier alpha value is -2.94. The van der Waals surface area contributed by atoms with Crippen LogP contribution in [0.1, 0.15) is 34.9 Å². The molecule has 0 fully saturated rings. The molecule has 0 saturated heterocycles. The highest BCUT2D eigenvalue weighted by Gasteiger charge is 2.23. The van der Waals surface area contributed by atoms with E-state index >= 15 is 0 Å². The zero-order valence-electron chi connectivity index (χ0n) is 16.6. The van der Waals surface area contributed by atoms with Crippen molar-refractivity contribution in [2.75, 3.05) is 0 Å². The van der Waals surface area contributed by atoms with Gasteiger partial charge < -0.3 is 9.84 Å². The van der Waals surface area contributed by atoms with E-state index in [0.29, 0.717) is 22.9 Å². The molecule has 164 valence electrons. The molecule has 2 aromatic carbocycles. The summed E-state index contributed by atoms with van der Waals surface area (Å²) in [7, 11) is 0. The van der Waals surface area contributed by atoms with E-state index in [4.69, 9.17) is 9.84 Å². The van der Waals surface area contributed by atoms with Crippen LogP contribution in [0.4, 0.5) is 17.6 Å². The highest BCUT2D eigenvalue weighted by Crippen LogP contribution is 2.33. The number of hydrogen-bond acceptors (Lipinski definition) is 4. The summed E-state index contributed by atoms with van der Waals surface area (Å²) in [6.45, 7) is 0.757. The molecule has 0 bridgehead atoms. The van der Waals surface area contributed by atoms with Crippen LogP contribution in [0, 0.1) is 17.5 Å². The first kappa shape index (κ1) is 22.7. The standard InChI is InChI=1S/C22H19F4NO3S/c1-2-12-3-5-13(6-4-12)21-15(17(10-23)31-27-21)11-30-22-16(24)9-14(7-8-18(28)29)19(25)20(22)26/h3-6,9H,2,7-8,10-11H2,1H3,(H,28,29). The highest BCUT2D eigenvalue weighted by molar-refractivity contribution is 7.06. The number of aryl methyl sites for hydroxylation is 2. The number of carbonyl (C=O) groups is 1. The van der Waals surface area contributed by atoms with Gasteiger partial charge in [0, 0.05) is 17.5 Å². The maximum absolute atomic E-state index is 14.4. The fourth-order valence-corrected chi connectivity index (χ4v) is 3.78. The Balaban J connectivity index is 1.88. The second kappa shape index (κ2) is 9.91. The first-order valence-electron chi connectivity index (χ1n) is 9.49. The SMILES string of the molecule is CCc1ccc(-c2nsc(CF)c2COc2c(F)cc(CCC(=O)O)c(F)c2F)cc1. The van der Waals surface area contributed by atoms with E-state index in [-0.39, 0.29) is 11.3 Å². The lowest BCUT2D eigenvalue weighted by Gasteiger charge is -2.12. The van der Waals surface area contributed by atoms with E-state index in [0.717, 1.165) is 23.5 Å². The molecular formula is C22H19F4NO3S. The second-order valence-electron chi connectivity index (χ2n) is 6.77. The van der Waals surface area contributed by atoms with Crippen LogP contribution in [0.2, 0.25) is 0 Å². The predicted molar refractivity (Wildman–Crippen MR) is 108 cm³/mol. The molecule has 4 nitrogen and oxygen atoms in total. The number of aromatic nitrogens is 1. The van der Waals surface area contributed by atoms with Crippen LogP contribution >= 0.6 is 11.5 Å². The Morgan fingerprint density at radius 3 is 2.48 bits per heavy atom. The summed E-state index contributed by atoms with van der Waals surface area (Å²) in [5, 5.41) is 8.68. The van der Waals surface area contributed by atoms with Gasteiger partial charge in [-0.2, -0.15) is 8.76 Å². The van der Waals surface area contributed by atoms with E-state index in [1.165, 1.54) is 0 Å². The maximum Gasteiger partial charge on any atom is 0.303 e. The third-order valence-electron chi connectivity index (χ3n) is 4.79. The lowest BCUT2D eigenvalue weighted by Crippen LogP contribution is -2.07. The van der Waals surface area contributed by atoms with Crippen LogP contribution in [0.3, 0.4) is 0 Å². The molecule has 0 radical (unpaired) electrons. The highest BCUT2D eigenvalue weighted by atomic mass is 32.1. The van der Waals surface area contributed by atoms with Crippen molar-refractivity contribution in [2.45, 2.75) is 39.5 Å². The van der Waals surface area contributed by atoms with Crippen molar-refractivity contribution in [3.8, 4) is 17.0 Å². The van der Waals surface area contributed by atoms with Crippen molar-refractivity contribution >= 4 is 17.5 Å². The molecule has 0 aliphatic rings. The van der Waals surface area contributed by atoms with Crippen LogP contribution in [0.15, 0.2) is 30.3 Å². The summed E-state index contributed by atoms with van der Waals surface area (Å²) in [5.41, 5.74) is 2.15. The number of carboxylic acid groups (broad SMARTS) is 1.